The fourth-order valence-electron chi connectivity index (χ4n) is 7.03. The molecule has 6 aromatic rings. The normalized spacial score (nSPS) is 15.5. The number of rotatable bonds is 11. The topological polar surface area (TPSA) is 186 Å². The van der Waals surface area contributed by atoms with Crippen molar-refractivity contribution in [3.8, 4) is 11.1 Å². The molecule has 18 heteroatoms. The van der Waals surface area contributed by atoms with Crippen molar-refractivity contribution in [2.24, 2.45) is 0 Å². The van der Waals surface area contributed by atoms with Crippen LogP contribution in [0.15, 0.2) is 146 Å². The smallest absolute Gasteiger partial charge is 0.266 e. The second kappa shape index (κ2) is 15.2. The molecule has 302 valence electrons. The van der Waals surface area contributed by atoms with Crippen LogP contribution in [0.3, 0.4) is 0 Å². The molecule has 0 fully saturated rings. The van der Waals surface area contributed by atoms with Gasteiger partial charge in [-0.2, -0.15) is 0 Å². The maximum absolute atomic E-state index is 13.3. The van der Waals surface area contributed by atoms with Crippen LogP contribution in [0, 0.1) is 0 Å². The van der Waals surface area contributed by atoms with Crippen molar-refractivity contribution in [2.75, 3.05) is 0 Å². The zero-order chi connectivity index (χ0) is 42.8. The lowest BCUT2D eigenvalue weighted by Crippen LogP contribution is -2.34. The molecule has 0 atom stereocenters. The van der Waals surface area contributed by atoms with E-state index in [2.05, 4.69) is 0 Å². The first-order valence-electron chi connectivity index (χ1n) is 18.5. The van der Waals surface area contributed by atoms with Crippen molar-refractivity contribution in [2.45, 2.75) is 0 Å². The minimum absolute atomic E-state index is 0.110. The van der Waals surface area contributed by atoms with Crippen LogP contribution in [0.1, 0.15) is 82.9 Å². The van der Waals surface area contributed by atoms with E-state index in [9.17, 15) is 38.4 Å². The number of amides is 8. The van der Waals surface area contributed by atoms with Crippen molar-refractivity contribution in [1.29, 1.82) is 0 Å². The van der Waals surface area contributed by atoms with Gasteiger partial charge >= 0.3 is 0 Å². The van der Waals surface area contributed by atoms with Gasteiger partial charge < -0.3 is 0 Å². The summed E-state index contributed by atoms with van der Waals surface area (Å²) in [4.78, 5) is 106. The molecule has 0 saturated carbocycles. The van der Waals surface area contributed by atoms with Crippen molar-refractivity contribution in [1.82, 2.24) is 20.3 Å². The number of imide groups is 4. The molecular formula is C44H24N4O12P2. The third-order valence-electron chi connectivity index (χ3n) is 10.1. The standard InChI is InChI=1S/C44H24N4O12P2/c49-37-29-9-1-2-10-30(29)38(50)45(37)57-61(58-46-39(51)31-11-3-4-12-32(31)40(46)52)27-21-17-25(18-22-27)26-19-23-28(24-20-26)62(59-47-41(53)33-13-5-6-14-34(33)42(47)54)60-48-43(55)35-15-7-8-16-36(35)44(48)56/h1-24H. The molecule has 0 saturated heterocycles. The van der Waals surface area contributed by atoms with E-state index >= 15 is 0 Å². The molecule has 0 spiro atoms. The van der Waals surface area contributed by atoms with Crippen molar-refractivity contribution >= 4 is 74.6 Å². The number of nitrogens with zero attached hydrogens (tertiary/aromatic N) is 4. The second-order valence-electron chi connectivity index (χ2n) is 13.7. The van der Waals surface area contributed by atoms with Crippen molar-refractivity contribution < 1.29 is 56.9 Å². The molecule has 10 rings (SSSR count). The first-order valence-corrected chi connectivity index (χ1v) is 20.9. The average Bonchev–Trinajstić information content (AvgIpc) is 3.90. The summed E-state index contributed by atoms with van der Waals surface area (Å²) < 4.78 is 23.7. The van der Waals surface area contributed by atoms with Gasteiger partial charge in [-0.25, -0.2) is 18.5 Å². The quantitative estimate of drug-likeness (QED) is 0.107. The van der Waals surface area contributed by atoms with Crippen molar-refractivity contribution in [3.63, 3.8) is 0 Å². The van der Waals surface area contributed by atoms with Gasteiger partial charge in [0.1, 0.15) is 0 Å². The lowest BCUT2D eigenvalue weighted by Gasteiger charge is -2.24. The second-order valence-corrected chi connectivity index (χ2v) is 16.5. The molecule has 0 aromatic heterocycles. The van der Waals surface area contributed by atoms with Crippen LogP contribution >= 0.6 is 16.8 Å². The van der Waals surface area contributed by atoms with Crippen LogP contribution in [0.5, 0.6) is 0 Å². The summed E-state index contributed by atoms with van der Waals surface area (Å²) in [6, 6.07) is 37.6. The number of benzene rings is 6. The summed E-state index contributed by atoms with van der Waals surface area (Å²) in [5, 5.41) is 2.75. The van der Waals surface area contributed by atoms with E-state index in [1.54, 1.807) is 97.1 Å². The van der Waals surface area contributed by atoms with Crippen LogP contribution in [0.2, 0.25) is 0 Å². The summed E-state index contributed by atoms with van der Waals surface area (Å²) in [5.41, 5.74) is 2.14. The van der Waals surface area contributed by atoms with E-state index in [0.717, 1.165) is 0 Å². The Labute approximate surface area is 352 Å². The van der Waals surface area contributed by atoms with Crippen LogP contribution in [-0.2, 0) is 18.5 Å². The lowest BCUT2D eigenvalue weighted by atomic mass is 10.1. The summed E-state index contributed by atoms with van der Waals surface area (Å²) in [6.07, 6.45) is 0. The molecule has 4 aliphatic rings. The van der Waals surface area contributed by atoms with Gasteiger partial charge in [0.15, 0.2) is 0 Å². The van der Waals surface area contributed by atoms with Gasteiger partial charge in [0.05, 0.1) is 44.5 Å². The molecule has 0 unspecified atom stereocenters. The molecule has 0 N–H and O–H groups in total. The van der Waals surface area contributed by atoms with E-state index in [-0.39, 0.29) is 55.1 Å². The number of fused-ring (bicyclic) bond motifs is 4. The molecular weight excluding hydrogens is 838 g/mol. The maximum atomic E-state index is 13.3. The molecule has 0 radical (unpaired) electrons. The number of carbonyl (C=O) groups excluding carboxylic acids is 8. The fraction of sp³-hybridized carbons (Fsp3) is 0. The van der Waals surface area contributed by atoms with Crippen LogP contribution in [0.25, 0.3) is 11.1 Å². The largest absolute Gasteiger partial charge is 0.286 e. The van der Waals surface area contributed by atoms with Gasteiger partial charge in [-0.15, -0.1) is 20.3 Å². The van der Waals surface area contributed by atoms with E-state index < -0.39 is 64.0 Å². The Morgan fingerprint density at radius 1 is 0.258 bits per heavy atom. The van der Waals surface area contributed by atoms with E-state index in [1.807, 2.05) is 0 Å². The van der Waals surface area contributed by atoms with Gasteiger partial charge in [0, 0.05) is 10.6 Å². The third kappa shape index (κ3) is 6.34. The maximum Gasteiger partial charge on any atom is 0.286 e. The fourth-order valence-corrected chi connectivity index (χ4v) is 9.44. The first-order chi connectivity index (χ1) is 30.1. The average molecular weight is 863 g/mol. The Kier molecular flexibility index (Phi) is 9.53. The van der Waals surface area contributed by atoms with Gasteiger partial charge in [-0.05, 0) is 83.9 Å². The molecule has 8 amide bonds. The molecule has 6 aromatic carbocycles. The molecule has 4 heterocycles. The van der Waals surface area contributed by atoms with Gasteiger partial charge in [-0.1, -0.05) is 72.8 Å². The minimum atomic E-state index is -2.53. The Balaban J connectivity index is 0.931. The molecule has 62 heavy (non-hydrogen) atoms. The Morgan fingerprint density at radius 3 is 0.613 bits per heavy atom. The summed E-state index contributed by atoms with van der Waals surface area (Å²) >= 11 is 0. The van der Waals surface area contributed by atoms with E-state index in [4.69, 9.17) is 18.5 Å². The number of hydrogen-bond acceptors (Lipinski definition) is 12. The lowest BCUT2D eigenvalue weighted by molar-refractivity contribution is -0.0447. The molecule has 16 nitrogen and oxygen atoms in total. The number of carbonyl (C=O) groups is 8. The van der Waals surface area contributed by atoms with Crippen molar-refractivity contribution in [3.05, 3.63) is 190 Å². The monoisotopic (exact) mass is 862 g/mol. The van der Waals surface area contributed by atoms with Gasteiger partial charge in [-0.3, -0.25) is 38.4 Å². The van der Waals surface area contributed by atoms with E-state index in [0.29, 0.717) is 31.4 Å². The number of hydrogen-bond donors (Lipinski definition) is 0. The predicted molar refractivity (Wildman–Crippen MR) is 217 cm³/mol. The van der Waals surface area contributed by atoms with Gasteiger partial charge in [0.25, 0.3) is 64.0 Å². The highest BCUT2D eigenvalue weighted by molar-refractivity contribution is 7.56. The van der Waals surface area contributed by atoms with E-state index in [1.165, 1.54) is 48.5 Å². The highest BCUT2D eigenvalue weighted by Gasteiger charge is 2.45. The summed E-state index contributed by atoms with van der Waals surface area (Å²) in [7, 11) is -5.06. The Hall–Kier alpha value is -7.42. The summed E-state index contributed by atoms with van der Waals surface area (Å²) in [5.74, 6) is -6.00. The zero-order valence-corrected chi connectivity index (χ0v) is 33.2. The molecule has 4 aliphatic heterocycles. The van der Waals surface area contributed by atoms with Crippen LogP contribution < -0.4 is 10.6 Å². The number of hydroxylamine groups is 8. The summed E-state index contributed by atoms with van der Waals surface area (Å²) in [6.45, 7) is 0. The minimum Gasteiger partial charge on any atom is -0.266 e. The van der Waals surface area contributed by atoms with Gasteiger partial charge in [0.2, 0.25) is 0 Å². The molecule has 0 aliphatic carbocycles. The Bertz CT molecular complexity index is 2480. The zero-order valence-electron chi connectivity index (χ0n) is 31.4. The SMILES string of the molecule is O=C1c2ccccc2C(=O)N1OP(ON1C(=O)c2ccccc2C1=O)c1ccc(-c2ccc(P(ON3C(=O)c4ccccc4C3=O)ON3C(=O)c4ccccc4C3=O)cc2)cc1. The first kappa shape index (κ1) is 38.8. The third-order valence-corrected chi connectivity index (χ3v) is 12.8. The predicted octanol–water partition coefficient (Wildman–Crippen LogP) is 6.14. The van der Waals surface area contributed by atoms with Crippen LogP contribution in [0.4, 0.5) is 0 Å². The van der Waals surface area contributed by atoms with Crippen LogP contribution in [-0.4, -0.2) is 67.5 Å². The highest BCUT2D eigenvalue weighted by atomic mass is 31.2. The molecule has 0 bridgehead atoms. The Morgan fingerprint density at radius 2 is 0.435 bits per heavy atom. The highest BCUT2D eigenvalue weighted by Crippen LogP contribution is 2.46.